The summed E-state index contributed by atoms with van der Waals surface area (Å²) in [6.07, 6.45) is 12.1. The fraction of sp³-hybridized carbons (Fsp3) is 0.417. The third-order valence-corrected chi connectivity index (χ3v) is 34.8. The molecule has 4 N–H and O–H groups in total. The van der Waals surface area contributed by atoms with Gasteiger partial charge >= 0.3 is 12.2 Å². The lowest BCUT2D eigenvalue weighted by Gasteiger charge is -2.39. The highest BCUT2D eigenvalue weighted by Gasteiger charge is 2.36. The molecule has 6 aliphatic rings. The van der Waals surface area contributed by atoms with Gasteiger partial charge in [0, 0.05) is 208 Å². The number of carbonyl (C=O) groups excluding carboxylic acids is 4. The first kappa shape index (κ1) is 104. The van der Waals surface area contributed by atoms with Crippen LogP contribution in [0.2, 0.25) is 10.0 Å². The summed E-state index contributed by atoms with van der Waals surface area (Å²) in [6, 6.07) is 41.1. The molecule has 38 heteroatoms. The number of nitrogens with zero attached hydrogens (tertiary/aromatic N) is 12. The van der Waals surface area contributed by atoms with Crippen LogP contribution < -0.4 is 28.7 Å². The van der Waals surface area contributed by atoms with Crippen LogP contribution in [0.1, 0.15) is 144 Å². The average Bonchev–Trinajstić information content (AvgIpc) is 1.34. The van der Waals surface area contributed by atoms with Crippen molar-refractivity contribution in [1.29, 1.82) is 0 Å². The summed E-state index contributed by atoms with van der Waals surface area (Å²) in [6.45, 7) is 30.5. The molecule has 750 valence electrons. The van der Waals surface area contributed by atoms with E-state index in [0.717, 1.165) is 122 Å². The molecule has 0 saturated carbocycles. The number of nitro groups is 2. The van der Waals surface area contributed by atoms with Crippen molar-refractivity contribution in [2.45, 2.75) is 130 Å². The number of allylic oxidation sites excluding steroid dienone is 2. The molecule has 2 aliphatic carbocycles. The highest BCUT2D eigenvalue weighted by atomic mass is 35.5. The molecule has 4 aliphatic heterocycles. The topological polar surface area (TPSA) is 385 Å². The van der Waals surface area contributed by atoms with Crippen LogP contribution in [-0.2, 0) is 61.2 Å². The van der Waals surface area contributed by atoms with E-state index in [4.69, 9.17) is 42.1 Å². The first-order chi connectivity index (χ1) is 67.1. The summed E-state index contributed by atoms with van der Waals surface area (Å²) < 4.78 is 91.3. The van der Waals surface area contributed by atoms with E-state index in [1.807, 2.05) is 50.2 Å². The van der Waals surface area contributed by atoms with Gasteiger partial charge in [-0.2, -0.15) is 8.73 Å². The van der Waals surface area contributed by atoms with Crippen LogP contribution in [0.15, 0.2) is 200 Å². The Morgan fingerprint density at radius 2 is 0.908 bits per heavy atom. The van der Waals surface area contributed by atoms with Gasteiger partial charge in [0.1, 0.15) is 34.3 Å². The average molecular weight is 2040 g/mol. The van der Waals surface area contributed by atoms with E-state index in [1.54, 1.807) is 81.7 Å². The molecule has 6 aromatic carbocycles. The molecular weight excluding hydrogens is 1920 g/mol. The summed E-state index contributed by atoms with van der Waals surface area (Å²) in [7, 11) is -12.7. The third kappa shape index (κ3) is 27.1. The monoisotopic (exact) mass is 2040 g/mol. The van der Waals surface area contributed by atoms with E-state index in [0.29, 0.717) is 135 Å². The molecule has 0 bridgehead atoms. The Bertz CT molecular complexity index is 6930. The Morgan fingerprint density at radius 1 is 0.518 bits per heavy atom. The number of anilines is 2. The minimum atomic E-state index is -4.60. The quantitative estimate of drug-likeness (QED) is 0.0184. The number of aromatic amines is 2. The number of hydrogen-bond donors (Lipinski definition) is 4. The third-order valence-electron chi connectivity index (χ3n) is 26.8. The summed E-state index contributed by atoms with van der Waals surface area (Å²) in [5, 5.41) is 27.8. The van der Waals surface area contributed by atoms with Crippen LogP contribution in [0.5, 0.6) is 23.0 Å². The highest BCUT2D eigenvalue weighted by Crippen LogP contribution is 2.47. The maximum Gasteiger partial charge on any atom is 0.439 e. The van der Waals surface area contributed by atoms with Gasteiger partial charge in [-0.3, -0.25) is 39.6 Å². The van der Waals surface area contributed by atoms with E-state index in [9.17, 15) is 56.2 Å². The Balaban J connectivity index is 0.000000213. The van der Waals surface area contributed by atoms with Crippen LogP contribution in [0.25, 0.3) is 33.2 Å². The predicted octanol–water partition coefficient (Wildman–Crippen LogP) is 18.9. The van der Waals surface area contributed by atoms with Gasteiger partial charge in [-0.1, -0.05) is 124 Å². The first-order valence-corrected chi connectivity index (χ1v) is 55.6. The normalized spacial score (nSPS) is 18.0. The van der Waals surface area contributed by atoms with Gasteiger partial charge in [0.25, 0.3) is 43.2 Å². The lowest BCUT2D eigenvalue weighted by molar-refractivity contribution is -0.386. The lowest BCUT2D eigenvalue weighted by atomic mass is 9.72. The summed E-state index contributed by atoms with van der Waals surface area (Å²) in [5.74, 6) is 9.93. The lowest BCUT2D eigenvalue weighted by Crippen LogP contribution is -2.47. The van der Waals surface area contributed by atoms with Gasteiger partial charge in [-0.15, -0.1) is 18.8 Å². The number of nitro benzene ring substituents is 2. The minimum Gasteiger partial charge on any atom is -0.455 e. The van der Waals surface area contributed by atoms with Crippen LogP contribution in [0.3, 0.4) is 0 Å². The number of sulfonamides is 2. The molecule has 4 saturated heterocycles. The molecule has 32 nitrogen and oxygen atoms in total. The molecule has 4 aromatic heterocycles. The fourth-order valence-electron chi connectivity index (χ4n) is 19.2. The number of aromatic nitrogens is 4. The zero-order chi connectivity index (χ0) is 100. The number of carbonyl (C=O) groups is 4. The van der Waals surface area contributed by atoms with Crippen molar-refractivity contribution >= 4 is 154 Å². The number of amides is 4. The number of rotatable bonds is 30. The number of pyridine rings is 2. The second-order valence-electron chi connectivity index (χ2n) is 39.4. The second kappa shape index (κ2) is 44.5. The molecular formula is C103H124Cl2N16O16S4. The molecule has 141 heavy (non-hydrogen) atoms. The van der Waals surface area contributed by atoms with Crippen molar-refractivity contribution < 1.29 is 64.8 Å². The Kier molecular flexibility index (Phi) is 32.8. The number of halogens is 2. The minimum absolute atomic E-state index is 0.0328. The molecule has 0 radical (unpaired) electrons. The number of hydrogen-bond acceptors (Lipinski definition) is 24. The number of fused-ring (bicyclic) bond motifs is 2. The van der Waals surface area contributed by atoms with Crippen molar-refractivity contribution in [2.24, 2.45) is 31.4 Å². The molecule has 4 amide bonds. The van der Waals surface area contributed by atoms with Crippen LogP contribution >= 0.6 is 23.2 Å². The Labute approximate surface area is 835 Å². The largest absolute Gasteiger partial charge is 0.455 e. The van der Waals surface area contributed by atoms with Crippen molar-refractivity contribution in [3.05, 3.63) is 245 Å². The standard InChI is InChI=1S/C52H63ClN8O8S2.C51H61ClN8O8S2/c1-35(2)68-51(63)57-70(6)25-23-59(24-26-70)33-36(3)27-38-9-13-44(30-47(38)61(64)65)71(66,67)56-50(62)45-14-12-42(29-48(45)69-43-28-39-16-18-54-49(39)55-32-43)60-21-19-58(20-22-60)34-40-15-17-52(4,5)31-46(40)37-7-10-41(53)11-8-37;1-6-67-50(62)56-69(5)25-23-58(24-26-69)33-35(2)27-37-9-13-43(30-46(37)60(63)64)70(65,66)55-49(61)44-14-12-41(29-47(44)68-42-28-38-16-18-53-48(38)54-32-42)59-21-19-57(20-22-59)34-39-15-17-51(3,4)31-45(39)36-7-10-40(52)11-8-36/h7-14,16,18,28-30,32,35-36H,6,15,17,19-27,31,33-34H2,1-5H3,(H,54,55)(H,56,62);7-14,16,18,28-30,32,35H,5-6,15,17,19-27,31,33-34H2,1-4H3,(H,53,54)(H,55,61)/t36-;35-/m11/s1. The van der Waals surface area contributed by atoms with E-state index < -0.39 is 82.5 Å². The van der Waals surface area contributed by atoms with Crippen molar-refractivity contribution in [3.63, 3.8) is 0 Å². The number of nitrogens with one attached hydrogen (secondary N) is 4. The molecule has 4 fully saturated rings. The zero-order valence-electron chi connectivity index (χ0n) is 81.1. The second-order valence-corrected chi connectivity index (χ2v) is 49.7. The van der Waals surface area contributed by atoms with Gasteiger partial charge < -0.3 is 48.5 Å². The fourth-order valence-corrected chi connectivity index (χ4v) is 25.3. The van der Waals surface area contributed by atoms with Gasteiger partial charge in [0.05, 0.1) is 55.9 Å². The SMILES string of the molecule is C=S1(=NC(=O)OC(C)C)CCN(C[C@H](C)Cc2ccc(S(=O)(=O)NC(=O)c3ccc(N4CCN(CC5=C(c6ccc(Cl)cc6)CC(C)(C)CC5)CC4)cc3Oc3cnc4[nH]ccc4c3)cc2[N+](=O)[O-])CC1.C=S1(=NC(=O)OCC)CCN(C[C@H](C)Cc2ccc(S(=O)(=O)NC(=O)c3ccc(N4CCN(CC5=C(c6ccc(Cl)cc6)CC(C)(C)CC5)CC4)cc3Oc3cnc4[nH]ccc4c3)cc2[N+](=O)[O-])CC1. The Morgan fingerprint density at radius 3 is 1.28 bits per heavy atom. The number of benzene rings is 6. The summed E-state index contributed by atoms with van der Waals surface area (Å²) >= 11 is 12.5. The van der Waals surface area contributed by atoms with Crippen molar-refractivity contribution in [3.8, 4) is 23.0 Å². The molecule has 10 aromatic rings. The maximum absolute atomic E-state index is 14.1. The maximum atomic E-state index is 14.1. The van der Waals surface area contributed by atoms with Gasteiger partial charge in [-0.25, -0.2) is 45.8 Å². The number of ether oxygens (including phenoxy) is 4. The van der Waals surface area contributed by atoms with Crippen LogP contribution in [0.4, 0.5) is 32.3 Å². The first-order valence-electron chi connectivity index (χ1n) is 47.7. The molecule has 8 heterocycles. The Hall–Kier alpha value is -11.6. The highest BCUT2D eigenvalue weighted by molar-refractivity contribution is 8.03. The molecule has 0 unspecified atom stereocenters. The molecule has 0 spiro atoms. The van der Waals surface area contributed by atoms with Crippen molar-refractivity contribution in [1.82, 2.24) is 49.0 Å². The molecule has 16 rings (SSSR count). The van der Waals surface area contributed by atoms with Gasteiger partial charge in [-0.05, 0) is 202 Å². The van der Waals surface area contributed by atoms with E-state index in [-0.39, 0.29) is 69.4 Å². The molecule has 2 atom stereocenters. The zero-order valence-corrected chi connectivity index (χ0v) is 85.9. The van der Waals surface area contributed by atoms with Crippen LogP contribution in [-0.4, -0.2) is 242 Å². The van der Waals surface area contributed by atoms with Gasteiger partial charge in [0.15, 0.2) is 0 Å². The van der Waals surface area contributed by atoms with Crippen LogP contribution in [0, 0.1) is 42.9 Å². The van der Waals surface area contributed by atoms with E-state index in [1.165, 1.54) is 70.1 Å². The number of piperazine rings is 2. The van der Waals surface area contributed by atoms with E-state index >= 15 is 0 Å². The van der Waals surface area contributed by atoms with Gasteiger partial charge in [0.2, 0.25) is 0 Å². The van der Waals surface area contributed by atoms with E-state index in [2.05, 4.69) is 131 Å². The summed E-state index contributed by atoms with van der Waals surface area (Å²) in [5.41, 5.74) is 11.4. The smallest absolute Gasteiger partial charge is 0.439 e. The van der Waals surface area contributed by atoms with Crippen molar-refractivity contribution in [2.75, 3.05) is 144 Å². The predicted molar refractivity (Wildman–Crippen MR) is 561 cm³/mol. The number of H-pyrrole nitrogens is 2. The summed E-state index contributed by atoms with van der Waals surface area (Å²) in [4.78, 5) is 104.